The van der Waals surface area contributed by atoms with Crippen LogP contribution in [-0.2, 0) is 14.3 Å². The van der Waals surface area contributed by atoms with Crippen LogP contribution in [0.15, 0.2) is 36.4 Å². The van der Waals surface area contributed by atoms with Crippen LogP contribution in [-0.4, -0.2) is 96.8 Å². The molecule has 8 N–H and O–H groups in total. The summed E-state index contributed by atoms with van der Waals surface area (Å²) in [5.74, 6) is -3.67. The number of carboxylic acids is 1. The summed E-state index contributed by atoms with van der Waals surface area (Å²) in [6.07, 6.45) is -3.89. The van der Waals surface area contributed by atoms with Crippen LogP contribution in [0.25, 0.3) is 0 Å². The van der Waals surface area contributed by atoms with Crippen LogP contribution < -0.4 is 10.1 Å². The second-order valence-electron chi connectivity index (χ2n) is 12.3. The third-order valence-electron chi connectivity index (χ3n) is 9.88. The Kier molecular flexibility index (Phi) is 8.18. The van der Waals surface area contributed by atoms with Gasteiger partial charge in [-0.3, -0.25) is 9.59 Å². The van der Waals surface area contributed by atoms with E-state index in [1.165, 1.54) is 6.08 Å². The monoisotopic (exact) mass is 603 g/mol. The maximum atomic E-state index is 13.3. The molecule has 1 amide bonds. The molecule has 1 saturated heterocycles. The molecule has 5 aliphatic rings. The zero-order valence-corrected chi connectivity index (χ0v) is 23.5. The van der Waals surface area contributed by atoms with Crippen LogP contribution in [0.5, 0.6) is 11.5 Å². The molecule has 0 radical (unpaired) electrons. The van der Waals surface area contributed by atoms with Gasteiger partial charge in [0.25, 0.3) is 0 Å². The number of anilines is 1. The van der Waals surface area contributed by atoms with E-state index in [-0.39, 0.29) is 36.2 Å². The number of nitrogens with one attached hydrogen (secondary N) is 1. The highest BCUT2D eigenvalue weighted by atomic mass is 16.7. The van der Waals surface area contributed by atoms with Gasteiger partial charge in [0.2, 0.25) is 12.2 Å². The van der Waals surface area contributed by atoms with Gasteiger partial charge in [0.05, 0.1) is 12.7 Å². The number of allylic oxidation sites excluding steroid dienone is 2. The first-order valence-electron chi connectivity index (χ1n) is 14.2. The quantitative estimate of drug-likeness (QED) is 0.150. The zero-order valence-electron chi connectivity index (χ0n) is 23.5. The molecule has 13 heteroatoms. The molecule has 0 aromatic heterocycles. The average Bonchev–Trinajstić information content (AvgIpc) is 2.96. The molecule has 1 aromatic rings. The van der Waals surface area contributed by atoms with Gasteiger partial charge in [0, 0.05) is 17.3 Å². The Morgan fingerprint density at radius 2 is 1.86 bits per heavy atom. The van der Waals surface area contributed by atoms with E-state index in [0.29, 0.717) is 19.3 Å². The smallest absolute Gasteiger partial charge is 0.339 e. The average molecular weight is 604 g/mol. The number of rotatable bonds is 8. The summed E-state index contributed by atoms with van der Waals surface area (Å²) < 4.78 is 10.9. The Labute approximate surface area is 247 Å². The van der Waals surface area contributed by atoms with Crippen molar-refractivity contribution >= 4 is 23.3 Å². The number of hydrogen-bond donors (Lipinski definition) is 8. The molecule has 13 nitrogen and oxygen atoms in total. The van der Waals surface area contributed by atoms with Crippen LogP contribution in [0.2, 0.25) is 0 Å². The van der Waals surface area contributed by atoms with E-state index in [2.05, 4.69) is 11.9 Å². The minimum atomic E-state index is -1.81. The van der Waals surface area contributed by atoms with Crippen molar-refractivity contribution in [3.05, 3.63) is 42.0 Å². The fourth-order valence-corrected chi connectivity index (χ4v) is 7.29. The zero-order chi connectivity index (χ0) is 31.4. The molecular weight excluding hydrogens is 566 g/mol. The van der Waals surface area contributed by atoms with Crippen molar-refractivity contribution in [1.82, 2.24) is 0 Å². The first kappa shape index (κ1) is 31.1. The Hall–Kier alpha value is -3.33. The van der Waals surface area contributed by atoms with Gasteiger partial charge < -0.3 is 50.5 Å². The molecule has 1 aromatic carbocycles. The highest BCUT2D eigenvalue weighted by Gasteiger charge is 2.61. The van der Waals surface area contributed by atoms with E-state index in [1.807, 2.05) is 0 Å². The molecular formula is C30H37NO12. The van der Waals surface area contributed by atoms with Gasteiger partial charge in [0.1, 0.15) is 41.4 Å². The molecule has 10 unspecified atom stereocenters. The van der Waals surface area contributed by atoms with Crippen LogP contribution in [0.1, 0.15) is 49.4 Å². The number of carbonyl (C=O) groups excluding carboxylic acids is 2. The standard InChI is InChI=1S/C30H37NO12/c1-13-11-30-8-5-19(33)29(2,18(30)9-14(13)10-20(30)34)7-6-21(35)31-22-16(4-3-15(23(22)36)27(40)41)42-28-26(39)25(38)24(37)17(12-32)43-28/h3-5,8,14,17-18,20,24-26,28,32,34,36-39H,1,6-7,9-12H2,2H3,(H,31,35)(H,40,41). The molecule has 10 atom stereocenters. The van der Waals surface area contributed by atoms with Gasteiger partial charge in [-0.2, -0.15) is 0 Å². The minimum Gasteiger partial charge on any atom is -0.505 e. The molecule has 234 valence electrons. The number of hydrogen-bond acceptors (Lipinski definition) is 11. The lowest BCUT2D eigenvalue weighted by Crippen LogP contribution is -2.60. The predicted molar refractivity (Wildman–Crippen MR) is 148 cm³/mol. The van der Waals surface area contributed by atoms with Crippen molar-refractivity contribution in [2.24, 2.45) is 22.7 Å². The normalized spacial score (nSPS) is 38.5. The van der Waals surface area contributed by atoms with E-state index in [0.717, 1.165) is 17.7 Å². The molecule has 1 heterocycles. The molecule has 6 rings (SSSR count). The van der Waals surface area contributed by atoms with E-state index in [4.69, 9.17) is 9.47 Å². The summed E-state index contributed by atoms with van der Waals surface area (Å²) >= 11 is 0. The number of aliphatic hydroxyl groups is 5. The van der Waals surface area contributed by atoms with E-state index >= 15 is 0 Å². The fraction of sp³-hybridized carbons (Fsp3) is 0.567. The minimum absolute atomic E-state index is 0.0761. The van der Waals surface area contributed by atoms with Crippen molar-refractivity contribution in [3.8, 4) is 11.5 Å². The summed E-state index contributed by atoms with van der Waals surface area (Å²) in [6.45, 7) is 5.23. The number of aromatic hydroxyl groups is 1. The van der Waals surface area contributed by atoms with Gasteiger partial charge in [-0.15, -0.1) is 0 Å². The number of aromatic carboxylic acids is 1. The number of ketones is 1. The number of phenols is 1. The summed E-state index contributed by atoms with van der Waals surface area (Å²) in [7, 11) is 0. The van der Waals surface area contributed by atoms with Gasteiger partial charge in [-0.05, 0) is 55.7 Å². The largest absolute Gasteiger partial charge is 0.505 e. The topological polar surface area (TPSA) is 223 Å². The molecule has 4 fully saturated rings. The SMILES string of the molecule is C=C1CC23C=CC(=O)C(C)(CCC(=O)Nc4c(OC5OC(CO)C(O)C(O)C5O)ccc(C(=O)O)c4O)C2CC1CC3O. The third-order valence-corrected chi connectivity index (χ3v) is 9.88. The van der Waals surface area contributed by atoms with Crippen molar-refractivity contribution in [2.45, 2.75) is 75.8 Å². The first-order valence-corrected chi connectivity index (χ1v) is 14.2. The Balaban J connectivity index is 1.37. The van der Waals surface area contributed by atoms with Gasteiger partial charge in [0.15, 0.2) is 11.5 Å². The molecule has 1 spiro atoms. The molecule has 2 bridgehead atoms. The number of carboxylic acid groups (broad SMARTS) is 1. The predicted octanol–water partition coefficient (Wildman–Crippen LogP) is 0.466. The van der Waals surface area contributed by atoms with Crippen LogP contribution in [0, 0.1) is 22.7 Å². The highest BCUT2D eigenvalue weighted by Crippen LogP contribution is 2.64. The van der Waals surface area contributed by atoms with E-state index in [9.17, 15) is 50.1 Å². The van der Waals surface area contributed by atoms with Crippen molar-refractivity contribution in [1.29, 1.82) is 0 Å². The van der Waals surface area contributed by atoms with E-state index in [1.54, 1.807) is 13.0 Å². The summed E-state index contributed by atoms with van der Waals surface area (Å²) in [5, 5.41) is 73.7. The van der Waals surface area contributed by atoms with Crippen molar-refractivity contribution < 1.29 is 59.6 Å². The maximum Gasteiger partial charge on any atom is 0.339 e. The van der Waals surface area contributed by atoms with Crippen molar-refractivity contribution in [3.63, 3.8) is 0 Å². The highest BCUT2D eigenvalue weighted by molar-refractivity contribution is 6.00. The maximum absolute atomic E-state index is 13.3. The van der Waals surface area contributed by atoms with Gasteiger partial charge in [-0.1, -0.05) is 25.2 Å². The number of aliphatic hydroxyl groups excluding tert-OH is 5. The first-order chi connectivity index (χ1) is 20.2. The summed E-state index contributed by atoms with van der Waals surface area (Å²) in [6, 6.07) is 2.10. The second-order valence-corrected chi connectivity index (χ2v) is 12.3. The number of carbonyl (C=O) groups is 3. The molecule has 1 aliphatic heterocycles. The lowest BCUT2D eigenvalue weighted by atomic mass is 9.43. The second kappa shape index (κ2) is 11.3. The molecule has 4 aliphatic carbocycles. The molecule has 3 saturated carbocycles. The number of fused-ring (bicyclic) bond motifs is 2. The summed E-state index contributed by atoms with van der Waals surface area (Å²) in [4.78, 5) is 38.2. The number of ether oxygens (including phenoxy) is 2. The Morgan fingerprint density at radius 1 is 1.14 bits per heavy atom. The Bertz CT molecular complexity index is 1360. The van der Waals surface area contributed by atoms with Crippen LogP contribution >= 0.6 is 0 Å². The Morgan fingerprint density at radius 3 is 2.53 bits per heavy atom. The van der Waals surface area contributed by atoms with Gasteiger partial charge >= 0.3 is 5.97 Å². The van der Waals surface area contributed by atoms with Crippen LogP contribution in [0.3, 0.4) is 0 Å². The lowest BCUT2D eigenvalue weighted by Gasteiger charge is -2.61. The van der Waals surface area contributed by atoms with Gasteiger partial charge in [-0.25, -0.2) is 4.79 Å². The third kappa shape index (κ3) is 5.13. The molecule has 43 heavy (non-hydrogen) atoms. The number of amides is 1. The van der Waals surface area contributed by atoms with E-state index < -0.39 is 83.1 Å². The van der Waals surface area contributed by atoms with Crippen molar-refractivity contribution in [2.75, 3.05) is 11.9 Å². The summed E-state index contributed by atoms with van der Waals surface area (Å²) in [5.41, 5.74) is -1.60. The lowest BCUT2D eigenvalue weighted by molar-refractivity contribution is -0.277. The van der Waals surface area contributed by atoms with Crippen LogP contribution in [0.4, 0.5) is 5.69 Å². The number of benzene rings is 1. The fourth-order valence-electron chi connectivity index (χ4n) is 7.29.